The summed E-state index contributed by atoms with van der Waals surface area (Å²) in [7, 11) is 1.48. The van der Waals surface area contributed by atoms with E-state index < -0.39 is 20.0 Å². The molecule has 0 spiro atoms. The first kappa shape index (κ1) is 77.2. The van der Waals surface area contributed by atoms with Crippen LogP contribution >= 0.6 is 7.82 Å². The van der Waals surface area contributed by atoms with Crippen molar-refractivity contribution >= 4 is 19.7 Å². The van der Waals surface area contributed by atoms with Gasteiger partial charge in [0, 0.05) is 12.8 Å². The fraction of sp³-hybridized carbons (Fsp3) is 0.771. The summed E-state index contributed by atoms with van der Waals surface area (Å²) in [5, 5.41) is 3.06. The molecule has 0 aromatic carbocycles. The third-order valence-electron chi connectivity index (χ3n) is 14.6. The highest BCUT2D eigenvalue weighted by atomic mass is 31.2. The number of ether oxygens (including phenoxy) is 1. The first-order valence-electron chi connectivity index (χ1n) is 33.4. The minimum Gasteiger partial charge on any atom is -0.456 e. The molecule has 464 valence electrons. The molecule has 0 aliphatic carbocycles. The zero-order valence-electron chi connectivity index (χ0n) is 53.1. The van der Waals surface area contributed by atoms with Crippen LogP contribution in [0.15, 0.2) is 85.1 Å². The van der Waals surface area contributed by atoms with Crippen LogP contribution < -0.4 is 5.32 Å². The quantitative estimate of drug-likeness (QED) is 0.0205. The van der Waals surface area contributed by atoms with Gasteiger partial charge in [0.15, 0.2) is 0 Å². The van der Waals surface area contributed by atoms with Gasteiger partial charge < -0.3 is 19.4 Å². The molecule has 0 saturated heterocycles. The largest absolute Gasteiger partial charge is 0.472 e. The van der Waals surface area contributed by atoms with Crippen molar-refractivity contribution in [2.24, 2.45) is 0 Å². The molecule has 0 aromatic heterocycles. The maximum Gasteiger partial charge on any atom is 0.472 e. The molecule has 9 nitrogen and oxygen atoms in total. The highest BCUT2D eigenvalue weighted by Gasteiger charge is 2.30. The van der Waals surface area contributed by atoms with Crippen LogP contribution in [0.1, 0.15) is 297 Å². The Labute approximate surface area is 495 Å². The number of rotatable bonds is 60. The SMILES string of the molecule is CC/C=C\C/C=C\C/C=C\C/C=C\C/C=C\CCCCCCCCCCCCCC(=O)NC(COP(=O)(O)OCC[N+](C)(C)C)C(/C=C\CCCCCCCCCCCCC)OC(=O)CCCCC/C=C\CCCCCCCCC. The Morgan fingerprint density at radius 2 is 0.800 bits per heavy atom. The molecule has 10 heteroatoms. The first-order valence-corrected chi connectivity index (χ1v) is 34.9. The molecule has 0 rings (SSSR count). The number of hydrogen-bond donors (Lipinski definition) is 2. The molecular formula is C70H128N2O7P+. The molecule has 0 fully saturated rings. The van der Waals surface area contributed by atoms with Gasteiger partial charge in [-0.05, 0) is 102 Å². The van der Waals surface area contributed by atoms with Crippen molar-refractivity contribution in [1.29, 1.82) is 0 Å². The van der Waals surface area contributed by atoms with E-state index in [1.54, 1.807) is 0 Å². The molecule has 0 aromatic rings. The molecule has 2 N–H and O–H groups in total. The average molecular weight is 1140 g/mol. The van der Waals surface area contributed by atoms with Gasteiger partial charge in [0.2, 0.25) is 5.91 Å². The highest BCUT2D eigenvalue weighted by Crippen LogP contribution is 2.43. The maximum atomic E-state index is 13.6. The van der Waals surface area contributed by atoms with E-state index in [1.807, 2.05) is 33.3 Å². The standard InChI is InChI=1S/C70H127N2O7P/c1-7-10-13-16-19-22-25-28-30-31-32-33-34-35-36-37-38-39-40-41-42-44-47-50-53-56-59-62-69(73)71-67(66-78-80(75,76)77-65-64-72(4,5)6)68(61-58-55-52-49-46-43-27-24-21-18-15-12-9-3)79-70(74)63-60-57-54-51-48-45-29-26-23-20-17-14-11-8-2/h10,13,19,22,28,30,32-33,35-36,45,48,58,61,67-68H,7-9,11-12,14-18,20-21,23-27,29,31,34,37-44,46-47,49-57,59-60,62-66H2,1-6H3,(H-,71,73,75,76)/p+1/b13-10-,22-19-,30-28-,33-32-,36-35-,48-45-,61-58-. The molecule has 3 unspecified atom stereocenters. The van der Waals surface area contributed by atoms with Crippen LogP contribution in [0.5, 0.6) is 0 Å². The highest BCUT2D eigenvalue weighted by molar-refractivity contribution is 7.47. The second-order valence-corrected chi connectivity index (χ2v) is 25.1. The molecule has 3 atom stereocenters. The lowest BCUT2D eigenvalue weighted by Crippen LogP contribution is -2.47. The van der Waals surface area contributed by atoms with Gasteiger partial charge in [-0.1, -0.05) is 267 Å². The molecule has 0 aliphatic rings. The zero-order chi connectivity index (χ0) is 58.6. The molecule has 0 saturated carbocycles. The van der Waals surface area contributed by atoms with Gasteiger partial charge in [-0.15, -0.1) is 0 Å². The number of esters is 1. The summed E-state index contributed by atoms with van der Waals surface area (Å²) < 4.78 is 30.7. The van der Waals surface area contributed by atoms with Gasteiger partial charge >= 0.3 is 13.8 Å². The summed E-state index contributed by atoms with van der Waals surface area (Å²) in [6.07, 6.45) is 78.7. The molecule has 80 heavy (non-hydrogen) atoms. The predicted octanol–water partition coefficient (Wildman–Crippen LogP) is 21.0. The third kappa shape index (κ3) is 59.8. The predicted molar refractivity (Wildman–Crippen MR) is 346 cm³/mol. The van der Waals surface area contributed by atoms with Crippen LogP contribution in [0.3, 0.4) is 0 Å². The fourth-order valence-corrected chi connectivity index (χ4v) is 10.2. The monoisotopic (exact) mass is 1140 g/mol. The maximum absolute atomic E-state index is 13.6. The van der Waals surface area contributed by atoms with Crippen molar-refractivity contribution < 1.29 is 37.3 Å². The summed E-state index contributed by atoms with van der Waals surface area (Å²) in [6.45, 7) is 6.90. The van der Waals surface area contributed by atoms with Crippen molar-refractivity contribution in [2.75, 3.05) is 40.9 Å². The number of unbranched alkanes of at least 4 members (excludes halogenated alkanes) is 32. The van der Waals surface area contributed by atoms with Crippen LogP contribution in [-0.4, -0.2) is 74.3 Å². The van der Waals surface area contributed by atoms with Crippen molar-refractivity contribution in [1.82, 2.24) is 5.32 Å². The van der Waals surface area contributed by atoms with E-state index in [0.717, 1.165) is 96.3 Å². The molecule has 1 amide bonds. The fourth-order valence-electron chi connectivity index (χ4n) is 9.43. The number of likely N-dealkylation sites (N-methyl/N-ethyl adjacent to an activating group) is 1. The van der Waals surface area contributed by atoms with E-state index in [1.165, 1.54) is 161 Å². The molecular weight excluding hydrogens is 1010 g/mol. The number of carbonyl (C=O) groups excluding carboxylic acids is 2. The van der Waals surface area contributed by atoms with Crippen molar-refractivity contribution in [3.63, 3.8) is 0 Å². The summed E-state index contributed by atoms with van der Waals surface area (Å²) in [5.41, 5.74) is 0. The summed E-state index contributed by atoms with van der Waals surface area (Å²) in [5.74, 6) is -0.523. The smallest absolute Gasteiger partial charge is 0.456 e. The van der Waals surface area contributed by atoms with E-state index in [2.05, 4.69) is 99.0 Å². The van der Waals surface area contributed by atoms with Gasteiger partial charge in [0.05, 0.1) is 33.8 Å². The number of nitrogens with one attached hydrogen (secondary N) is 1. The summed E-state index contributed by atoms with van der Waals surface area (Å²) >= 11 is 0. The molecule has 0 bridgehead atoms. The zero-order valence-corrected chi connectivity index (χ0v) is 54.0. The number of carbonyl (C=O) groups is 2. The minimum absolute atomic E-state index is 0.0353. The lowest BCUT2D eigenvalue weighted by Gasteiger charge is -2.27. The Hall–Kier alpha value is -2.81. The Kier molecular flexibility index (Phi) is 57.3. The van der Waals surface area contributed by atoms with Crippen LogP contribution in [0, 0.1) is 0 Å². The van der Waals surface area contributed by atoms with Gasteiger partial charge in [-0.2, -0.15) is 0 Å². The van der Waals surface area contributed by atoms with Gasteiger partial charge in [-0.3, -0.25) is 18.6 Å². The molecule has 0 aliphatic heterocycles. The number of allylic oxidation sites excluding steroid dienone is 13. The number of amides is 1. The van der Waals surface area contributed by atoms with Gasteiger partial charge in [0.1, 0.15) is 19.3 Å². The summed E-state index contributed by atoms with van der Waals surface area (Å²) in [4.78, 5) is 37.8. The van der Waals surface area contributed by atoms with E-state index in [9.17, 15) is 19.0 Å². The van der Waals surface area contributed by atoms with Gasteiger partial charge in [-0.25, -0.2) is 4.57 Å². The number of phosphoric ester groups is 1. The van der Waals surface area contributed by atoms with Crippen LogP contribution in [-0.2, 0) is 27.9 Å². The van der Waals surface area contributed by atoms with Crippen LogP contribution in [0.2, 0.25) is 0 Å². The molecule has 0 radical (unpaired) electrons. The lowest BCUT2D eigenvalue weighted by atomic mass is 10.0. The minimum atomic E-state index is -4.46. The van der Waals surface area contributed by atoms with E-state index in [0.29, 0.717) is 23.9 Å². The number of phosphoric acid groups is 1. The number of nitrogens with zero attached hydrogens (tertiary/aromatic N) is 1. The van der Waals surface area contributed by atoms with Crippen molar-refractivity contribution in [2.45, 2.75) is 309 Å². The number of quaternary nitrogens is 1. The topological polar surface area (TPSA) is 111 Å². The van der Waals surface area contributed by atoms with Crippen LogP contribution in [0.25, 0.3) is 0 Å². The second-order valence-electron chi connectivity index (χ2n) is 23.6. The van der Waals surface area contributed by atoms with E-state index in [-0.39, 0.29) is 31.5 Å². The molecule has 0 heterocycles. The van der Waals surface area contributed by atoms with Crippen molar-refractivity contribution in [3.8, 4) is 0 Å². The normalized spacial score (nSPS) is 14.1. The average Bonchev–Trinajstić information content (AvgIpc) is 3.42. The first-order chi connectivity index (χ1) is 38.9. The second kappa shape index (κ2) is 59.4. The van der Waals surface area contributed by atoms with Crippen LogP contribution in [0.4, 0.5) is 0 Å². The number of hydrogen-bond acceptors (Lipinski definition) is 6. The van der Waals surface area contributed by atoms with Gasteiger partial charge in [0.25, 0.3) is 0 Å². The Bertz CT molecular complexity index is 1640. The Morgan fingerprint density at radius 1 is 0.450 bits per heavy atom. The van der Waals surface area contributed by atoms with E-state index >= 15 is 0 Å². The Morgan fingerprint density at radius 3 is 1.23 bits per heavy atom. The Balaban J connectivity index is 5.10. The van der Waals surface area contributed by atoms with E-state index in [4.69, 9.17) is 13.8 Å². The lowest BCUT2D eigenvalue weighted by molar-refractivity contribution is -0.870. The van der Waals surface area contributed by atoms with Crippen molar-refractivity contribution in [3.05, 3.63) is 85.1 Å². The summed E-state index contributed by atoms with van der Waals surface area (Å²) in [6, 6.07) is -0.859. The third-order valence-corrected chi connectivity index (χ3v) is 15.6.